The fraction of sp³-hybridized carbons (Fsp3) is 0.500. The molecule has 1 fully saturated rings. The summed E-state index contributed by atoms with van der Waals surface area (Å²) in [7, 11) is 0. The highest BCUT2D eigenvalue weighted by atomic mass is 35.5. The lowest BCUT2D eigenvalue weighted by atomic mass is 10.1. The second-order valence-corrected chi connectivity index (χ2v) is 5.79. The lowest BCUT2D eigenvalue weighted by Crippen LogP contribution is -2.40. The number of unbranched alkanes of at least 4 members (excludes halogenated alkanes) is 1. The Bertz CT molecular complexity index is 650. The summed E-state index contributed by atoms with van der Waals surface area (Å²) in [5, 5.41) is 0. The van der Waals surface area contributed by atoms with E-state index in [9.17, 15) is 4.79 Å². The van der Waals surface area contributed by atoms with Crippen molar-refractivity contribution in [3.63, 3.8) is 0 Å². The van der Waals surface area contributed by atoms with Crippen molar-refractivity contribution in [3.8, 4) is 0 Å². The van der Waals surface area contributed by atoms with Crippen molar-refractivity contribution >= 4 is 28.5 Å². The second kappa shape index (κ2) is 7.11. The van der Waals surface area contributed by atoms with E-state index in [2.05, 4.69) is 9.55 Å². The minimum atomic E-state index is 0.0416. The lowest BCUT2D eigenvalue weighted by Gasteiger charge is -2.26. The highest BCUT2D eigenvalue weighted by Gasteiger charge is 2.21. The van der Waals surface area contributed by atoms with Crippen LogP contribution in [0.3, 0.4) is 0 Å². The predicted octanol–water partition coefficient (Wildman–Crippen LogP) is 2.53. The van der Waals surface area contributed by atoms with E-state index < -0.39 is 0 Å². The number of imidazole rings is 1. The van der Waals surface area contributed by atoms with Crippen LogP contribution in [0.25, 0.3) is 11.0 Å². The van der Waals surface area contributed by atoms with Crippen LogP contribution in [0, 0.1) is 0 Å². The van der Waals surface area contributed by atoms with E-state index in [4.69, 9.17) is 16.3 Å². The van der Waals surface area contributed by atoms with Crippen LogP contribution in [0.15, 0.2) is 24.5 Å². The largest absolute Gasteiger partial charge is 0.378 e. The van der Waals surface area contributed by atoms with Gasteiger partial charge in [-0.2, -0.15) is 0 Å². The molecule has 1 aromatic carbocycles. The molecular weight excluding hydrogens is 302 g/mol. The maximum atomic E-state index is 12.7. The molecule has 5 nitrogen and oxygen atoms in total. The highest BCUT2D eigenvalue weighted by molar-refractivity contribution is 6.17. The standard InChI is InChI=1S/C16H20ClN3O2/c17-6-1-2-7-20-12-18-15-13(4-3-5-14(15)20)16(21)19-8-10-22-11-9-19/h3-5,12H,1-2,6-11H2. The summed E-state index contributed by atoms with van der Waals surface area (Å²) in [6.07, 6.45) is 3.80. The van der Waals surface area contributed by atoms with Crippen molar-refractivity contribution in [2.75, 3.05) is 32.2 Å². The average Bonchev–Trinajstić information content (AvgIpc) is 2.98. The van der Waals surface area contributed by atoms with Crippen LogP contribution < -0.4 is 0 Å². The topological polar surface area (TPSA) is 47.4 Å². The zero-order valence-electron chi connectivity index (χ0n) is 12.5. The Labute approximate surface area is 134 Å². The van der Waals surface area contributed by atoms with E-state index in [1.807, 2.05) is 29.4 Å². The fourth-order valence-electron chi connectivity index (χ4n) is 2.75. The van der Waals surface area contributed by atoms with Crippen LogP contribution >= 0.6 is 11.6 Å². The third-order valence-electron chi connectivity index (χ3n) is 3.96. The molecule has 118 valence electrons. The zero-order valence-corrected chi connectivity index (χ0v) is 13.3. The van der Waals surface area contributed by atoms with Crippen LogP contribution in [-0.2, 0) is 11.3 Å². The number of hydrogen-bond acceptors (Lipinski definition) is 3. The quantitative estimate of drug-likeness (QED) is 0.628. The first-order chi connectivity index (χ1) is 10.8. The number of amides is 1. The van der Waals surface area contributed by atoms with E-state index in [0.29, 0.717) is 37.7 Å². The van der Waals surface area contributed by atoms with Crippen LogP contribution in [0.1, 0.15) is 23.2 Å². The number of carbonyl (C=O) groups is 1. The number of carbonyl (C=O) groups excluding carboxylic acids is 1. The van der Waals surface area contributed by atoms with Crippen molar-refractivity contribution in [2.45, 2.75) is 19.4 Å². The van der Waals surface area contributed by atoms with E-state index in [1.54, 1.807) is 0 Å². The highest BCUT2D eigenvalue weighted by Crippen LogP contribution is 2.20. The minimum absolute atomic E-state index is 0.0416. The Morgan fingerprint density at radius 1 is 1.27 bits per heavy atom. The summed E-state index contributed by atoms with van der Waals surface area (Å²) >= 11 is 5.73. The lowest BCUT2D eigenvalue weighted by molar-refractivity contribution is 0.0304. The molecule has 0 N–H and O–H groups in total. The number of alkyl halides is 1. The molecule has 0 unspecified atom stereocenters. The number of aryl methyl sites for hydroxylation is 1. The van der Waals surface area contributed by atoms with E-state index in [0.717, 1.165) is 30.4 Å². The SMILES string of the molecule is O=C(c1cccc2c1ncn2CCCCCl)N1CCOCC1. The van der Waals surface area contributed by atoms with Gasteiger partial charge in [-0.25, -0.2) is 4.98 Å². The fourth-order valence-corrected chi connectivity index (χ4v) is 2.94. The van der Waals surface area contributed by atoms with Crippen LogP contribution in [-0.4, -0.2) is 52.5 Å². The van der Waals surface area contributed by atoms with Gasteiger partial charge in [0, 0.05) is 25.5 Å². The summed E-state index contributed by atoms with van der Waals surface area (Å²) in [5.74, 6) is 0.716. The Hall–Kier alpha value is -1.59. The van der Waals surface area contributed by atoms with E-state index >= 15 is 0 Å². The predicted molar refractivity (Wildman–Crippen MR) is 86.4 cm³/mol. The van der Waals surface area contributed by atoms with Crippen molar-refractivity contribution in [2.24, 2.45) is 0 Å². The molecule has 6 heteroatoms. The number of hydrogen-bond donors (Lipinski definition) is 0. The van der Waals surface area contributed by atoms with Crippen molar-refractivity contribution < 1.29 is 9.53 Å². The smallest absolute Gasteiger partial charge is 0.256 e. The first kappa shape index (κ1) is 15.3. The molecule has 1 saturated heterocycles. The third-order valence-corrected chi connectivity index (χ3v) is 4.23. The van der Waals surface area contributed by atoms with E-state index in [-0.39, 0.29) is 5.91 Å². The van der Waals surface area contributed by atoms with Gasteiger partial charge in [0.1, 0.15) is 5.52 Å². The van der Waals surface area contributed by atoms with Gasteiger partial charge >= 0.3 is 0 Å². The Morgan fingerprint density at radius 3 is 2.86 bits per heavy atom. The molecule has 0 aliphatic carbocycles. The van der Waals surface area contributed by atoms with Crippen molar-refractivity contribution in [1.82, 2.24) is 14.5 Å². The van der Waals surface area contributed by atoms with Crippen molar-refractivity contribution in [1.29, 1.82) is 0 Å². The molecular formula is C16H20ClN3O2. The number of fused-ring (bicyclic) bond motifs is 1. The molecule has 2 heterocycles. The molecule has 2 aromatic rings. The monoisotopic (exact) mass is 321 g/mol. The first-order valence-electron chi connectivity index (χ1n) is 7.68. The van der Waals surface area contributed by atoms with Crippen LogP contribution in [0.2, 0.25) is 0 Å². The molecule has 0 radical (unpaired) electrons. The minimum Gasteiger partial charge on any atom is -0.378 e. The second-order valence-electron chi connectivity index (χ2n) is 5.41. The van der Waals surface area contributed by atoms with E-state index in [1.165, 1.54) is 0 Å². The van der Waals surface area contributed by atoms with Gasteiger partial charge in [-0.05, 0) is 25.0 Å². The van der Waals surface area contributed by atoms with Gasteiger partial charge in [-0.1, -0.05) is 6.07 Å². The van der Waals surface area contributed by atoms with Crippen LogP contribution in [0.5, 0.6) is 0 Å². The molecule has 3 rings (SSSR count). The Balaban J connectivity index is 1.85. The summed E-state index contributed by atoms with van der Waals surface area (Å²) in [6, 6.07) is 5.80. The summed E-state index contributed by atoms with van der Waals surface area (Å²) in [5.41, 5.74) is 2.47. The van der Waals surface area contributed by atoms with Gasteiger partial charge in [0.05, 0.1) is 30.6 Å². The van der Waals surface area contributed by atoms with Gasteiger partial charge in [0.15, 0.2) is 0 Å². The Morgan fingerprint density at radius 2 is 2.09 bits per heavy atom. The number of para-hydroxylation sites is 1. The van der Waals surface area contributed by atoms with Gasteiger partial charge in [0.2, 0.25) is 0 Å². The zero-order chi connectivity index (χ0) is 15.4. The molecule has 1 aliphatic heterocycles. The third kappa shape index (κ3) is 3.10. The number of benzene rings is 1. The normalized spacial score (nSPS) is 15.4. The molecule has 1 amide bonds. The maximum Gasteiger partial charge on any atom is 0.256 e. The molecule has 1 aromatic heterocycles. The molecule has 0 spiro atoms. The van der Waals surface area contributed by atoms with Crippen LogP contribution in [0.4, 0.5) is 0 Å². The number of ether oxygens (including phenoxy) is 1. The number of nitrogens with zero attached hydrogens (tertiary/aromatic N) is 3. The van der Waals surface area contributed by atoms with Gasteiger partial charge < -0.3 is 14.2 Å². The Kier molecular flexibility index (Phi) is 4.95. The number of halogens is 1. The molecule has 0 bridgehead atoms. The summed E-state index contributed by atoms with van der Waals surface area (Å²) in [4.78, 5) is 19.0. The van der Waals surface area contributed by atoms with Gasteiger partial charge in [0.25, 0.3) is 5.91 Å². The van der Waals surface area contributed by atoms with Crippen molar-refractivity contribution in [3.05, 3.63) is 30.1 Å². The molecule has 1 aliphatic rings. The number of morpholine rings is 1. The van der Waals surface area contributed by atoms with Gasteiger partial charge in [-0.3, -0.25) is 4.79 Å². The molecule has 0 atom stereocenters. The number of rotatable bonds is 5. The summed E-state index contributed by atoms with van der Waals surface area (Å²) in [6.45, 7) is 3.37. The first-order valence-corrected chi connectivity index (χ1v) is 8.21. The van der Waals surface area contributed by atoms with Gasteiger partial charge in [-0.15, -0.1) is 11.6 Å². The maximum absolute atomic E-state index is 12.7. The molecule has 0 saturated carbocycles. The number of aromatic nitrogens is 2. The summed E-state index contributed by atoms with van der Waals surface area (Å²) < 4.78 is 7.40. The molecule has 22 heavy (non-hydrogen) atoms. The average molecular weight is 322 g/mol.